The van der Waals surface area contributed by atoms with Gasteiger partial charge in [0, 0.05) is 33.4 Å². The van der Waals surface area contributed by atoms with Gasteiger partial charge in [0.2, 0.25) is 10.0 Å². The summed E-state index contributed by atoms with van der Waals surface area (Å²) in [5.74, 6) is 0.373. The van der Waals surface area contributed by atoms with Crippen LogP contribution in [0.4, 0.5) is 0 Å². The molecule has 6 heteroatoms. The minimum atomic E-state index is -3.45. The first-order valence-corrected chi connectivity index (χ1v) is 8.73. The Bertz CT molecular complexity index is 581. The lowest BCUT2D eigenvalue weighted by Crippen LogP contribution is -2.34. The van der Waals surface area contributed by atoms with E-state index in [-0.39, 0.29) is 0 Å². The molecule has 1 saturated heterocycles. The molecule has 21 heavy (non-hydrogen) atoms. The highest BCUT2D eigenvalue weighted by molar-refractivity contribution is 7.89. The van der Waals surface area contributed by atoms with Crippen LogP contribution in [0.25, 0.3) is 0 Å². The Hall–Kier alpha value is -0.950. The van der Waals surface area contributed by atoms with Crippen LogP contribution in [0.5, 0.6) is 0 Å². The standard InChI is InChI=1S/C15H24N2O3S/c1-12-3-4-15(9-14(12)10-16)21(18,19)17(2)11-13-5-7-20-8-6-13/h3-4,9,13H,5-8,10-11,16H2,1-2H3. The lowest BCUT2D eigenvalue weighted by atomic mass is 10.0. The molecule has 0 aliphatic carbocycles. The van der Waals surface area contributed by atoms with Crippen molar-refractivity contribution < 1.29 is 13.2 Å². The van der Waals surface area contributed by atoms with E-state index in [0.29, 0.717) is 23.9 Å². The summed E-state index contributed by atoms with van der Waals surface area (Å²) >= 11 is 0. The lowest BCUT2D eigenvalue weighted by molar-refractivity contribution is 0.0620. The molecule has 2 rings (SSSR count). The van der Waals surface area contributed by atoms with Crippen molar-refractivity contribution in [2.24, 2.45) is 11.7 Å². The zero-order valence-corrected chi connectivity index (χ0v) is 13.5. The third-order valence-electron chi connectivity index (χ3n) is 4.10. The van der Waals surface area contributed by atoms with Gasteiger partial charge in [0.25, 0.3) is 0 Å². The summed E-state index contributed by atoms with van der Waals surface area (Å²) in [4.78, 5) is 0.322. The fraction of sp³-hybridized carbons (Fsp3) is 0.600. The van der Waals surface area contributed by atoms with E-state index >= 15 is 0 Å². The highest BCUT2D eigenvalue weighted by atomic mass is 32.2. The number of sulfonamides is 1. The van der Waals surface area contributed by atoms with Gasteiger partial charge >= 0.3 is 0 Å². The quantitative estimate of drug-likeness (QED) is 0.894. The molecule has 0 unspecified atom stereocenters. The summed E-state index contributed by atoms with van der Waals surface area (Å²) in [6.45, 7) is 4.27. The van der Waals surface area contributed by atoms with E-state index in [9.17, 15) is 8.42 Å². The van der Waals surface area contributed by atoms with Gasteiger partial charge in [0.1, 0.15) is 0 Å². The topological polar surface area (TPSA) is 72.6 Å². The van der Waals surface area contributed by atoms with Crippen molar-refractivity contribution in [1.29, 1.82) is 0 Å². The van der Waals surface area contributed by atoms with Gasteiger partial charge in [-0.25, -0.2) is 12.7 Å². The highest BCUT2D eigenvalue weighted by Gasteiger charge is 2.25. The van der Waals surface area contributed by atoms with E-state index in [0.717, 1.165) is 37.2 Å². The first kappa shape index (κ1) is 16.4. The van der Waals surface area contributed by atoms with Gasteiger partial charge in [-0.3, -0.25) is 0 Å². The predicted molar refractivity (Wildman–Crippen MR) is 82.4 cm³/mol. The summed E-state index contributed by atoms with van der Waals surface area (Å²) in [5.41, 5.74) is 7.55. The Labute approximate surface area is 127 Å². The zero-order chi connectivity index (χ0) is 15.5. The van der Waals surface area contributed by atoms with Gasteiger partial charge in [-0.05, 0) is 48.9 Å². The molecule has 1 aromatic rings. The Kier molecular flexibility index (Phi) is 5.37. The summed E-state index contributed by atoms with van der Waals surface area (Å²) in [6.07, 6.45) is 1.84. The number of hydrogen-bond donors (Lipinski definition) is 1. The van der Waals surface area contributed by atoms with Crippen LogP contribution in [-0.4, -0.2) is 39.5 Å². The average Bonchev–Trinajstić information content (AvgIpc) is 2.48. The molecule has 1 aliphatic rings. The Balaban J connectivity index is 2.16. The van der Waals surface area contributed by atoms with E-state index in [4.69, 9.17) is 10.5 Å². The van der Waals surface area contributed by atoms with Crippen LogP contribution >= 0.6 is 0 Å². The molecule has 0 spiro atoms. The largest absolute Gasteiger partial charge is 0.381 e. The van der Waals surface area contributed by atoms with Crippen molar-refractivity contribution in [2.75, 3.05) is 26.8 Å². The molecular formula is C15H24N2O3S. The van der Waals surface area contributed by atoms with E-state index in [2.05, 4.69) is 0 Å². The maximum absolute atomic E-state index is 12.6. The second kappa shape index (κ2) is 6.87. The minimum absolute atomic E-state index is 0.322. The zero-order valence-electron chi connectivity index (χ0n) is 12.7. The van der Waals surface area contributed by atoms with Gasteiger partial charge in [-0.1, -0.05) is 6.07 Å². The van der Waals surface area contributed by atoms with Crippen molar-refractivity contribution in [3.05, 3.63) is 29.3 Å². The molecule has 0 bridgehead atoms. The van der Waals surface area contributed by atoms with Gasteiger partial charge in [-0.2, -0.15) is 0 Å². The van der Waals surface area contributed by atoms with Crippen molar-refractivity contribution in [2.45, 2.75) is 31.2 Å². The van der Waals surface area contributed by atoms with E-state index in [1.807, 2.05) is 13.0 Å². The van der Waals surface area contributed by atoms with Crippen molar-refractivity contribution in [3.8, 4) is 0 Å². The number of rotatable bonds is 5. The number of nitrogens with two attached hydrogens (primary N) is 1. The molecule has 1 aliphatic heterocycles. The van der Waals surface area contributed by atoms with Crippen LogP contribution in [0.3, 0.4) is 0 Å². The summed E-state index contributed by atoms with van der Waals surface area (Å²) in [5, 5.41) is 0. The summed E-state index contributed by atoms with van der Waals surface area (Å²) in [7, 11) is -1.81. The van der Waals surface area contributed by atoms with E-state index < -0.39 is 10.0 Å². The number of hydrogen-bond acceptors (Lipinski definition) is 4. The second-order valence-corrected chi connectivity index (χ2v) is 7.68. The second-order valence-electron chi connectivity index (χ2n) is 5.63. The van der Waals surface area contributed by atoms with Gasteiger partial charge in [0.05, 0.1) is 4.90 Å². The van der Waals surface area contributed by atoms with Crippen molar-refractivity contribution >= 4 is 10.0 Å². The summed E-state index contributed by atoms with van der Waals surface area (Å²) in [6, 6.07) is 5.16. The third-order valence-corrected chi connectivity index (χ3v) is 5.92. The van der Waals surface area contributed by atoms with Gasteiger partial charge in [0.15, 0.2) is 0 Å². The van der Waals surface area contributed by atoms with Crippen molar-refractivity contribution in [1.82, 2.24) is 4.31 Å². The molecule has 0 aromatic heterocycles. The number of ether oxygens (including phenoxy) is 1. The molecule has 1 fully saturated rings. The van der Waals surface area contributed by atoms with Crippen LogP contribution in [0.2, 0.25) is 0 Å². The number of nitrogens with zero attached hydrogens (tertiary/aromatic N) is 1. The van der Waals surface area contributed by atoms with Crippen LogP contribution in [0.1, 0.15) is 24.0 Å². The predicted octanol–water partition coefficient (Wildman–Crippen LogP) is 1.50. The fourth-order valence-corrected chi connectivity index (χ4v) is 3.90. The molecule has 0 saturated carbocycles. The smallest absolute Gasteiger partial charge is 0.242 e. The Morgan fingerprint density at radius 1 is 1.33 bits per heavy atom. The first-order valence-electron chi connectivity index (χ1n) is 7.29. The average molecular weight is 312 g/mol. The van der Waals surface area contributed by atoms with E-state index in [1.54, 1.807) is 19.2 Å². The number of aryl methyl sites for hydroxylation is 1. The molecule has 0 radical (unpaired) electrons. The monoisotopic (exact) mass is 312 g/mol. The first-order chi connectivity index (χ1) is 9.95. The van der Waals surface area contributed by atoms with E-state index in [1.165, 1.54) is 4.31 Å². The third kappa shape index (κ3) is 3.83. The molecule has 0 atom stereocenters. The number of benzene rings is 1. The molecule has 118 valence electrons. The normalized spacial score (nSPS) is 17.3. The van der Waals surface area contributed by atoms with Crippen LogP contribution in [0, 0.1) is 12.8 Å². The maximum Gasteiger partial charge on any atom is 0.242 e. The maximum atomic E-state index is 12.6. The van der Waals surface area contributed by atoms with Gasteiger partial charge in [-0.15, -0.1) is 0 Å². The minimum Gasteiger partial charge on any atom is -0.381 e. The molecule has 1 heterocycles. The lowest BCUT2D eigenvalue weighted by Gasteiger charge is -2.27. The molecular weight excluding hydrogens is 288 g/mol. The Morgan fingerprint density at radius 2 is 2.00 bits per heavy atom. The molecule has 2 N–H and O–H groups in total. The highest BCUT2D eigenvalue weighted by Crippen LogP contribution is 2.22. The van der Waals surface area contributed by atoms with Gasteiger partial charge < -0.3 is 10.5 Å². The molecule has 1 aromatic carbocycles. The SMILES string of the molecule is Cc1ccc(S(=O)(=O)N(C)CC2CCOCC2)cc1CN. The van der Waals surface area contributed by atoms with Crippen LogP contribution < -0.4 is 5.73 Å². The molecule has 5 nitrogen and oxygen atoms in total. The fourth-order valence-electron chi connectivity index (χ4n) is 2.60. The summed E-state index contributed by atoms with van der Waals surface area (Å²) < 4.78 is 32.0. The Morgan fingerprint density at radius 3 is 2.62 bits per heavy atom. The molecule has 0 amide bonds. The van der Waals surface area contributed by atoms with Crippen LogP contribution in [0.15, 0.2) is 23.1 Å². The van der Waals surface area contributed by atoms with Crippen molar-refractivity contribution in [3.63, 3.8) is 0 Å². The van der Waals surface area contributed by atoms with Crippen LogP contribution in [-0.2, 0) is 21.3 Å².